The lowest BCUT2D eigenvalue weighted by Crippen LogP contribution is -2.35. The number of rotatable bonds is 6. The summed E-state index contributed by atoms with van der Waals surface area (Å²) in [7, 11) is 0. The molecule has 0 saturated carbocycles. The van der Waals surface area contributed by atoms with Crippen molar-refractivity contribution in [3.05, 3.63) is 68.7 Å². The van der Waals surface area contributed by atoms with E-state index < -0.39 is 16.7 Å². The van der Waals surface area contributed by atoms with Gasteiger partial charge in [0, 0.05) is 16.7 Å². The molecule has 1 heterocycles. The van der Waals surface area contributed by atoms with Crippen LogP contribution < -0.4 is 15.2 Å². The van der Waals surface area contributed by atoms with Crippen LogP contribution in [0.5, 0.6) is 5.75 Å². The zero-order valence-electron chi connectivity index (χ0n) is 15.7. The monoisotopic (exact) mass is 415 g/mol. The molecular formula is C20H18ClN3O5. The fourth-order valence-corrected chi connectivity index (χ4v) is 2.95. The predicted octanol–water partition coefficient (Wildman–Crippen LogP) is 3.89. The van der Waals surface area contributed by atoms with Crippen molar-refractivity contribution in [3.63, 3.8) is 0 Å². The first-order valence-corrected chi connectivity index (χ1v) is 9.26. The third-order valence-corrected chi connectivity index (χ3v) is 4.58. The summed E-state index contributed by atoms with van der Waals surface area (Å²) in [6, 6.07) is 11.2. The van der Waals surface area contributed by atoms with Gasteiger partial charge in [0.1, 0.15) is 5.57 Å². The minimum Gasteiger partial charge on any atom is -0.483 e. The molecule has 0 aromatic heterocycles. The highest BCUT2D eigenvalue weighted by atomic mass is 35.5. The highest BCUT2D eigenvalue weighted by Gasteiger charge is 2.35. The molecule has 1 saturated heterocycles. The van der Waals surface area contributed by atoms with Crippen LogP contribution in [0.2, 0.25) is 5.02 Å². The number of carbonyl (C=O) groups excluding carboxylic acids is 2. The maximum absolute atomic E-state index is 12.8. The second-order valence-electron chi connectivity index (χ2n) is 6.41. The lowest BCUT2D eigenvalue weighted by molar-refractivity contribution is -0.386. The zero-order valence-corrected chi connectivity index (χ0v) is 16.5. The summed E-state index contributed by atoms with van der Waals surface area (Å²) in [6.45, 7) is 3.63. The molecule has 2 amide bonds. The molecule has 0 radical (unpaired) electrons. The molecule has 9 heteroatoms. The first kappa shape index (κ1) is 20.3. The average molecular weight is 416 g/mol. The summed E-state index contributed by atoms with van der Waals surface area (Å²) < 4.78 is 5.73. The largest absolute Gasteiger partial charge is 0.483 e. The molecule has 2 aromatic carbocycles. The van der Waals surface area contributed by atoms with Gasteiger partial charge < -0.3 is 4.74 Å². The lowest BCUT2D eigenvalue weighted by Gasteiger charge is -2.15. The van der Waals surface area contributed by atoms with Crippen molar-refractivity contribution in [2.45, 2.75) is 26.4 Å². The molecule has 0 bridgehead atoms. The molecule has 150 valence electrons. The number of anilines is 1. The van der Waals surface area contributed by atoms with Gasteiger partial charge in [0.05, 0.1) is 16.7 Å². The van der Waals surface area contributed by atoms with E-state index in [1.54, 1.807) is 37.3 Å². The van der Waals surface area contributed by atoms with Gasteiger partial charge in [0.2, 0.25) is 5.75 Å². The van der Waals surface area contributed by atoms with E-state index in [2.05, 4.69) is 5.43 Å². The molecule has 1 atom stereocenters. The summed E-state index contributed by atoms with van der Waals surface area (Å²) in [5.41, 5.74) is 2.63. The van der Waals surface area contributed by atoms with Gasteiger partial charge in [0.15, 0.2) is 0 Å². The van der Waals surface area contributed by atoms with Crippen molar-refractivity contribution in [1.29, 1.82) is 0 Å². The van der Waals surface area contributed by atoms with E-state index in [0.717, 1.165) is 5.01 Å². The highest BCUT2D eigenvalue weighted by Crippen LogP contribution is 2.37. The predicted molar refractivity (Wildman–Crippen MR) is 109 cm³/mol. The molecule has 2 aromatic rings. The third-order valence-electron chi connectivity index (χ3n) is 4.36. The average Bonchev–Trinajstić information content (AvgIpc) is 2.98. The number of nitrogens with zero attached hydrogens (tertiary/aromatic N) is 2. The van der Waals surface area contributed by atoms with Gasteiger partial charge in [-0.1, -0.05) is 36.7 Å². The van der Waals surface area contributed by atoms with Crippen molar-refractivity contribution in [1.82, 2.24) is 5.43 Å². The third kappa shape index (κ3) is 4.22. The first-order chi connectivity index (χ1) is 13.8. The van der Waals surface area contributed by atoms with E-state index >= 15 is 0 Å². The van der Waals surface area contributed by atoms with Crippen molar-refractivity contribution in [2.24, 2.45) is 0 Å². The highest BCUT2D eigenvalue weighted by molar-refractivity contribution is 6.32. The number of ether oxygens (including phenoxy) is 1. The molecule has 3 rings (SSSR count). The molecule has 1 aliphatic rings. The topological polar surface area (TPSA) is 102 Å². The maximum Gasteiger partial charge on any atom is 0.313 e. The van der Waals surface area contributed by atoms with Gasteiger partial charge in [-0.05, 0) is 37.6 Å². The second-order valence-corrected chi connectivity index (χ2v) is 6.85. The Morgan fingerprint density at radius 2 is 1.97 bits per heavy atom. The van der Waals surface area contributed by atoms with Crippen molar-refractivity contribution in [2.75, 3.05) is 5.01 Å². The molecule has 0 spiro atoms. The van der Waals surface area contributed by atoms with Crippen LogP contribution in [0.15, 0.2) is 48.0 Å². The number of nitro benzene ring substituents is 1. The normalized spacial score (nSPS) is 16.1. The van der Waals surface area contributed by atoms with E-state index in [-0.39, 0.29) is 33.7 Å². The number of amides is 2. The fraction of sp³-hybridized carbons (Fsp3) is 0.200. The molecule has 8 nitrogen and oxygen atoms in total. The number of hydrazine groups is 1. The Balaban J connectivity index is 2.08. The van der Waals surface area contributed by atoms with Crippen LogP contribution in [0, 0.1) is 10.1 Å². The summed E-state index contributed by atoms with van der Waals surface area (Å²) in [5, 5.41) is 12.7. The van der Waals surface area contributed by atoms with Crippen LogP contribution in [0.3, 0.4) is 0 Å². The van der Waals surface area contributed by atoms with Crippen molar-refractivity contribution >= 4 is 40.9 Å². The van der Waals surface area contributed by atoms with Crippen LogP contribution >= 0.6 is 11.6 Å². The molecule has 1 fully saturated rings. The van der Waals surface area contributed by atoms with Crippen LogP contribution in [0.1, 0.15) is 25.8 Å². The van der Waals surface area contributed by atoms with E-state index in [1.165, 1.54) is 18.2 Å². The van der Waals surface area contributed by atoms with Crippen LogP contribution in [-0.4, -0.2) is 22.8 Å². The van der Waals surface area contributed by atoms with E-state index in [4.69, 9.17) is 16.3 Å². The van der Waals surface area contributed by atoms with Gasteiger partial charge in [-0.2, -0.15) is 0 Å². The van der Waals surface area contributed by atoms with Gasteiger partial charge in [-0.15, -0.1) is 0 Å². The SMILES string of the molecule is CC[C@H](C)Oc1c(/C=C2/C(=O)NN(c3ccccc3)C2=O)cc(Cl)cc1[N+](=O)[O-]. The van der Waals surface area contributed by atoms with Crippen molar-refractivity contribution < 1.29 is 19.2 Å². The molecule has 0 unspecified atom stereocenters. The van der Waals surface area contributed by atoms with Gasteiger partial charge in [-0.3, -0.25) is 25.1 Å². The number of nitrogens with one attached hydrogen (secondary N) is 1. The molecule has 0 aliphatic carbocycles. The molecule has 1 aliphatic heterocycles. The fourth-order valence-electron chi connectivity index (χ4n) is 2.73. The van der Waals surface area contributed by atoms with Crippen LogP contribution in [-0.2, 0) is 9.59 Å². The van der Waals surface area contributed by atoms with Gasteiger partial charge >= 0.3 is 5.69 Å². The number of nitro groups is 1. The van der Waals surface area contributed by atoms with E-state index in [0.29, 0.717) is 12.1 Å². The number of hydrogen-bond donors (Lipinski definition) is 1. The Hall–Kier alpha value is -3.39. The van der Waals surface area contributed by atoms with Gasteiger partial charge in [-0.25, -0.2) is 5.01 Å². The smallest absolute Gasteiger partial charge is 0.313 e. The molecule has 29 heavy (non-hydrogen) atoms. The first-order valence-electron chi connectivity index (χ1n) is 8.88. The summed E-state index contributed by atoms with van der Waals surface area (Å²) in [4.78, 5) is 36.1. The summed E-state index contributed by atoms with van der Waals surface area (Å²) in [5.74, 6) is -1.26. The standard InChI is InChI=1S/C20H18ClN3O5/c1-3-12(2)29-18-13(9-14(21)11-17(18)24(27)28)10-16-19(25)22-23(20(16)26)15-7-5-4-6-8-15/h4-12H,3H2,1-2H3,(H,22,25)/b16-10-/t12-/m0/s1. The quantitative estimate of drug-likeness (QED) is 0.334. The molecular weight excluding hydrogens is 398 g/mol. The Morgan fingerprint density at radius 3 is 2.59 bits per heavy atom. The van der Waals surface area contributed by atoms with E-state index in [9.17, 15) is 19.7 Å². The van der Waals surface area contributed by atoms with Crippen LogP contribution in [0.25, 0.3) is 6.08 Å². The zero-order chi connectivity index (χ0) is 21.1. The molecule has 1 N–H and O–H groups in total. The lowest BCUT2D eigenvalue weighted by atomic mass is 10.1. The number of para-hydroxylation sites is 1. The van der Waals surface area contributed by atoms with Crippen LogP contribution in [0.4, 0.5) is 11.4 Å². The Morgan fingerprint density at radius 1 is 1.28 bits per heavy atom. The number of hydrogen-bond acceptors (Lipinski definition) is 5. The number of halogens is 1. The maximum atomic E-state index is 12.8. The summed E-state index contributed by atoms with van der Waals surface area (Å²) in [6.07, 6.45) is 1.55. The Labute approximate surface area is 171 Å². The summed E-state index contributed by atoms with van der Waals surface area (Å²) >= 11 is 6.03. The Kier molecular flexibility index (Phi) is 5.84. The second kappa shape index (κ2) is 8.32. The number of benzene rings is 2. The van der Waals surface area contributed by atoms with Gasteiger partial charge in [0.25, 0.3) is 11.8 Å². The number of carbonyl (C=O) groups is 2. The Bertz CT molecular complexity index is 1010. The van der Waals surface area contributed by atoms with Crippen molar-refractivity contribution in [3.8, 4) is 5.75 Å². The van der Waals surface area contributed by atoms with E-state index in [1.807, 2.05) is 6.92 Å². The minimum atomic E-state index is -0.629. The minimum absolute atomic E-state index is 0.0417.